The zero-order valence-corrected chi connectivity index (χ0v) is 10.6. The smallest absolute Gasteiger partial charge is 0.138 e. The van der Waals surface area contributed by atoms with E-state index >= 15 is 0 Å². The number of halogens is 1. The van der Waals surface area contributed by atoms with Gasteiger partial charge in [-0.3, -0.25) is 4.68 Å². The number of aryl methyl sites for hydroxylation is 1. The maximum absolute atomic E-state index is 6.32. The summed E-state index contributed by atoms with van der Waals surface area (Å²) in [5, 5.41) is 4.75. The molecule has 1 aromatic heterocycles. The van der Waals surface area contributed by atoms with Crippen molar-refractivity contribution in [2.45, 2.75) is 18.9 Å². The Labute approximate surface area is 105 Å². The molecule has 0 aliphatic rings. The van der Waals surface area contributed by atoms with E-state index in [1.54, 1.807) is 4.68 Å². The quantitative estimate of drug-likeness (QED) is 0.905. The third kappa shape index (κ3) is 2.65. The Morgan fingerprint density at radius 3 is 2.53 bits per heavy atom. The fourth-order valence-electron chi connectivity index (χ4n) is 1.74. The van der Waals surface area contributed by atoms with E-state index in [9.17, 15) is 0 Å². The number of nitrogens with two attached hydrogens (primary N) is 1. The van der Waals surface area contributed by atoms with Gasteiger partial charge in [-0.1, -0.05) is 23.7 Å². The summed E-state index contributed by atoms with van der Waals surface area (Å²) in [5.41, 5.74) is 6.88. The molecule has 4 nitrogen and oxygen atoms in total. The SMILES string of the molecule is Cn1ncnc1CC(C)(N)c1ccc(Cl)cc1. The minimum Gasteiger partial charge on any atom is -0.321 e. The lowest BCUT2D eigenvalue weighted by Gasteiger charge is -2.24. The summed E-state index contributed by atoms with van der Waals surface area (Å²) in [6.07, 6.45) is 2.17. The van der Waals surface area contributed by atoms with E-state index in [0.29, 0.717) is 11.4 Å². The summed E-state index contributed by atoms with van der Waals surface area (Å²) < 4.78 is 1.74. The molecule has 0 fully saturated rings. The molecule has 1 heterocycles. The van der Waals surface area contributed by atoms with Crippen molar-refractivity contribution >= 4 is 11.6 Å². The molecule has 0 radical (unpaired) electrons. The van der Waals surface area contributed by atoms with Gasteiger partial charge in [0.05, 0.1) is 0 Å². The van der Waals surface area contributed by atoms with Crippen LogP contribution in [0.15, 0.2) is 30.6 Å². The molecule has 0 bridgehead atoms. The predicted molar refractivity (Wildman–Crippen MR) is 67.7 cm³/mol. The third-order valence-electron chi connectivity index (χ3n) is 2.83. The highest BCUT2D eigenvalue weighted by Crippen LogP contribution is 2.23. The molecule has 0 amide bonds. The fourth-order valence-corrected chi connectivity index (χ4v) is 1.87. The van der Waals surface area contributed by atoms with E-state index in [0.717, 1.165) is 11.4 Å². The number of rotatable bonds is 3. The lowest BCUT2D eigenvalue weighted by Crippen LogP contribution is -2.36. The molecule has 1 aromatic carbocycles. The van der Waals surface area contributed by atoms with E-state index in [-0.39, 0.29) is 0 Å². The monoisotopic (exact) mass is 250 g/mol. The van der Waals surface area contributed by atoms with Crippen molar-refractivity contribution < 1.29 is 0 Å². The molecule has 5 heteroatoms. The van der Waals surface area contributed by atoms with Gasteiger partial charge in [-0.05, 0) is 24.6 Å². The molecule has 1 atom stereocenters. The van der Waals surface area contributed by atoms with E-state index in [2.05, 4.69) is 10.1 Å². The molecule has 2 aromatic rings. The van der Waals surface area contributed by atoms with Crippen LogP contribution in [0.3, 0.4) is 0 Å². The highest BCUT2D eigenvalue weighted by atomic mass is 35.5. The molecule has 1 unspecified atom stereocenters. The fraction of sp³-hybridized carbons (Fsp3) is 0.333. The molecule has 17 heavy (non-hydrogen) atoms. The lowest BCUT2D eigenvalue weighted by molar-refractivity contribution is 0.465. The van der Waals surface area contributed by atoms with Crippen LogP contribution in [0.5, 0.6) is 0 Å². The summed E-state index contributed by atoms with van der Waals surface area (Å²) >= 11 is 5.86. The number of hydrogen-bond acceptors (Lipinski definition) is 3. The Kier molecular flexibility index (Phi) is 3.17. The zero-order chi connectivity index (χ0) is 12.5. The van der Waals surface area contributed by atoms with E-state index in [1.165, 1.54) is 6.33 Å². The first kappa shape index (κ1) is 12.1. The minimum atomic E-state index is -0.481. The Balaban J connectivity index is 2.24. The van der Waals surface area contributed by atoms with Gasteiger partial charge >= 0.3 is 0 Å². The molecule has 0 spiro atoms. The minimum absolute atomic E-state index is 0.481. The molecule has 0 saturated heterocycles. The molecular weight excluding hydrogens is 236 g/mol. The molecular formula is C12H15ClN4. The first-order valence-corrected chi connectivity index (χ1v) is 5.74. The van der Waals surface area contributed by atoms with Gasteiger partial charge < -0.3 is 5.73 Å². The van der Waals surface area contributed by atoms with Gasteiger partial charge in [-0.15, -0.1) is 0 Å². The van der Waals surface area contributed by atoms with Gasteiger partial charge in [-0.25, -0.2) is 4.98 Å². The van der Waals surface area contributed by atoms with Crippen LogP contribution in [0, 0.1) is 0 Å². The highest BCUT2D eigenvalue weighted by molar-refractivity contribution is 6.30. The molecule has 2 rings (SSSR count). The topological polar surface area (TPSA) is 56.7 Å². The number of benzene rings is 1. The Morgan fingerprint density at radius 1 is 1.35 bits per heavy atom. The number of nitrogens with zero attached hydrogens (tertiary/aromatic N) is 3. The Hall–Kier alpha value is -1.39. The maximum atomic E-state index is 6.32. The first-order valence-electron chi connectivity index (χ1n) is 5.37. The number of aromatic nitrogens is 3. The molecule has 0 aliphatic carbocycles. The van der Waals surface area contributed by atoms with Crippen LogP contribution in [-0.4, -0.2) is 14.8 Å². The van der Waals surface area contributed by atoms with Crippen LogP contribution in [0.1, 0.15) is 18.3 Å². The maximum Gasteiger partial charge on any atom is 0.138 e. The van der Waals surface area contributed by atoms with Gasteiger partial charge in [0.2, 0.25) is 0 Å². The second-order valence-corrected chi connectivity index (χ2v) is 4.84. The molecule has 0 aliphatic heterocycles. The second kappa shape index (κ2) is 4.47. The lowest BCUT2D eigenvalue weighted by atomic mass is 9.89. The van der Waals surface area contributed by atoms with Crippen molar-refractivity contribution in [3.05, 3.63) is 47.0 Å². The van der Waals surface area contributed by atoms with Gasteiger partial charge in [0, 0.05) is 24.0 Å². The van der Waals surface area contributed by atoms with Crippen molar-refractivity contribution in [3.63, 3.8) is 0 Å². The number of hydrogen-bond donors (Lipinski definition) is 1. The average molecular weight is 251 g/mol. The van der Waals surface area contributed by atoms with Crippen molar-refractivity contribution in [3.8, 4) is 0 Å². The third-order valence-corrected chi connectivity index (χ3v) is 3.09. The average Bonchev–Trinajstić information content (AvgIpc) is 2.64. The van der Waals surface area contributed by atoms with Crippen LogP contribution in [-0.2, 0) is 19.0 Å². The highest BCUT2D eigenvalue weighted by Gasteiger charge is 2.23. The van der Waals surface area contributed by atoms with Crippen molar-refractivity contribution in [2.75, 3.05) is 0 Å². The van der Waals surface area contributed by atoms with Crippen LogP contribution in [0.2, 0.25) is 5.02 Å². The standard InChI is InChI=1S/C12H15ClN4/c1-12(14,7-11-15-8-16-17(11)2)9-3-5-10(13)6-4-9/h3-6,8H,7,14H2,1-2H3. The second-order valence-electron chi connectivity index (χ2n) is 4.40. The van der Waals surface area contributed by atoms with Crippen LogP contribution >= 0.6 is 11.6 Å². The Bertz CT molecular complexity index is 501. The van der Waals surface area contributed by atoms with Gasteiger partial charge in [0.15, 0.2) is 0 Å². The summed E-state index contributed by atoms with van der Waals surface area (Å²) in [6, 6.07) is 7.58. The largest absolute Gasteiger partial charge is 0.321 e. The molecule has 2 N–H and O–H groups in total. The van der Waals surface area contributed by atoms with Gasteiger partial charge in [0.1, 0.15) is 12.2 Å². The Morgan fingerprint density at radius 2 is 2.00 bits per heavy atom. The van der Waals surface area contributed by atoms with Crippen molar-refractivity contribution in [2.24, 2.45) is 12.8 Å². The summed E-state index contributed by atoms with van der Waals surface area (Å²) in [4.78, 5) is 4.19. The summed E-state index contributed by atoms with van der Waals surface area (Å²) in [7, 11) is 1.86. The zero-order valence-electron chi connectivity index (χ0n) is 9.89. The van der Waals surface area contributed by atoms with E-state index in [1.807, 2.05) is 38.2 Å². The van der Waals surface area contributed by atoms with Crippen LogP contribution in [0.25, 0.3) is 0 Å². The van der Waals surface area contributed by atoms with E-state index < -0.39 is 5.54 Å². The van der Waals surface area contributed by atoms with Gasteiger partial charge in [-0.2, -0.15) is 5.10 Å². The van der Waals surface area contributed by atoms with E-state index in [4.69, 9.17) is 17.3 Å². The van der Waals surface area contributed by atoms with Crippen LogP contribution < -0.4 is 5.73 Å². The van der Waals surface area contributed by atoms with Crippen LogP contribution in [0.4, 0.5) is 0 Å². The van der Waals surface area contributed by atoms with Crippen molar-refractivity contribution in [1.29, 1.82) is 0 Å². The first-order chi connectivity index (χ1) is 7.99. The van der Waals surface area contributed by atoms with Gasteiger partial charge in [0.25, 0.3) is 0 Å². The molecule has 0 saturated carbocycles. The predicted octanol–water partition coefficient (Wildman–Crippen LogP) is 1.89. The van der Waals surface area contributed by atoms with Crippen molar-refractivity contribution in [1.82, 2.24) is 14.8 Å². The summed E-state index contributed by atoms with van der Waals surface area (Å²) in [5.74, 6) is 0.866. The molecule has 90 valence electrons. The summed E-state index contributed by atoms with van der Waals surface area (Å²) in [6.45, 7) is 1.98. The normalized spacial score (nSPS) is 14.6.